The molecule has 0 aromatic heterocycles. The summed E-state index contributed by atoms with van der Waals surface area (Å²) in [4.78, 5) is 35.8. The molecule has 0 aromatic carbocycles. The van der Waals surface area contributed by atoms with Gasteiger partial charge in [-0.25, -0.2) is 4.79 Å². The molecule has 0 unspecified atom stereocenters. The van der Waals surface area contributed by atoms with Crippen LogP contribution in [0.4, 0.5) is 4.79 Å². The van der Waals surface area contributed by atoms with Crippen molar-refractivity contribution in [3.63, 3.8) is 0 Å². The first kappa shape index (κ1) is 30.3. The summed E-state index contributed by atoms with van der Waals surface area (Å²) >= 11 is 0. The van der Waals surface area contributed by atoms with Crippen LogP contribution in [-0.4, -0.2) is 19.4 Å². The molecule has 7 nitrogen and oxygen atoms in total. The fourth-order valence-corrected chi connectivity index (χ4v) is 0.277. The molecule has 0 spiro atoms. The first-order chi connectivity index (χ1) is 5.81. The molecule has 0 radical (unpaired) electrons. The van der Waals surface area contributed by atoms with Crippen LogP contribution in [0.25, 0.3) is 0 Å². The zero-order valence-corrected chi connectivity index (χ0v) is 11.1. The first-order valence-electron chi connectivity index (χ1n) is 3.33. The van der Waals surface area contributed by atoms with Crippen molar-refractivity contribution in [1.82, 2.24) is 0 Å². The fourth-order valence-electron chi connectivity index (χ4n) is 0.277. The minimum atomic E-state index is -5.39. The van der Waals surface area contributed by atoms with Crippen LogP contribution in [0.2, 0.25) is 0 Å². The molecule has 0 heterocycles. The molecule has 11 heteroatoms. The van der Waals surface area contributed by atoms with Crippen molar-refractivity contribution in [2.45, 2.75) is 13.8 Å². The van der Waals surface area contributed by atoms with Crippen molar-refractivity contribution >= 4 is 14.0 Å². The summed E-state index contributed by atoms with van der Waals surface area (Å²) in [6.07, 6.45) is -0.588. The van der Waals surface area contributed by atoms with E-state index < -0.39 is 14.0 Å². The number of ether oxygens (including phenoxy) is 2. The Morgan fingerprint density at radius 2 is 1.19 bits per heavy atom. The van der Waals surface area contributed by atoms with Crippen LogP contribution in [0.15, 0.2) is 0 Å². The Morgan fingerprint density at radius 1 is 1.00 bits per heavy atom. The van der Waals surface area contributed by atoms with Crippen molar-refractivity contribution in [3.8, 4) is 0 Å². The van der Waals surface area contributed by atoms with Gasteiger partial charge < -0.3 is 28.7 Å². The molecule has 16 heavy (non-hydrogen) atoms. The molecular weight excluding hydrogens is 224 g/mol. The number of hydrogen-bond acceptors (Lipinski definition) is 7. The molecule has 0 N–H and O–H groups in total. The van der Waals surface area contributed by atoms with Gasteiger partial charge in [-0.2, -0.15) is 7.82 Å². The third kappa shape index (κ3) is 59.2. The van der Waals surface area contributed by atoms with E-state index in [9.17, 15) is 4.79 Å². The molecule has 0 saturated carbocycles. The third-order valence-corrected chi connectivity index (χ3v) is 0.524. The molecule has 0 bridgehead atoms. The van der Waals surface area contributed by atoms with Crippen LogP contribution in [0, 0.1) is 0 Å². The Kier molecular flexibility index (Phi) is 35.1. The largest absolute Gasteiger partial charge is 1.00 e. The Balaban J connectivity index is -0.0000000454. The maximum absolute atomic E-state index is 10.2. The second-order valence-corrected chi connectivity index (χ2v) is 2.46. The van der Waals surface area contributed by atoms with Gasteiger partial charge >= 0.3 is 62.7 Å². The van der Waals surface area contributed by atoms with Crippen molar-refractivity contribution < 1.29 is 90.1 Å². The number of phosphoric acid groups is 1. The average molecular weight is 234 g/mol. The van der Waals surface area contributed by atoms with Gasteiger partial charge in [0.15, 0.2) is 0 Å². The van der Waals surface area contributed by atoms with Gasteiger partial charge in [0.1, 0.15) is 0 Å². The monoisotopic (exact) mass is 234 g/mol. The second kappa shape index (κ2) is 18.5. The van der Waals surface area contributed by atoms with Crippen molar-refractivity contribution in [2.24, 2.45) is 0 Å². The molecule has 0 aliphatic heterocycles. The minimum absolute atomic E-state index is 0. The maximum Gasteiger partial charge on any atom is 1.00 e. The number of hydrogen-bond donors (Lipinski definition) is 0. The van der Waals surface area contributed by atoms with E-state index in [-0.39, 0.29) is 56.6 Å². The summed E-state index contributed by atoms with van der Waals surface area (Å²) in [5.74, 6) is 0. The van der Waals surface area contributed by atoms with Gasteiger partial charge in [0, 0.05) is 0 Å². The fraction of sp³-hybridized carbons (Fsp3) is 0.800. The van der Waals surface area contributed by atoms with Crippen molar-refractivity contribution in [2.75, 3.05) is 13.2 Å². The van der Waals surface area contributed by atoms with Gasteiger partial charge in [-0.05, 0) is 13.8 Å². The Morgan fingerprint density at radius 3 is 1.31 bits per heavy atom. The van der Waals surface area contributed by atoms with Crippen LogP contribution >= 0.6 is 7.82 Å². The normalized spacial score (nSPS) is 7.81. The van der Waals surface area contributed by atoms with E-state index in [1.165, 1.54) is 0 Å². The van der Waals surface area contributed by atoms with Gasteiger partial charge in [-0.3, -0.25) is 0 Å². The summed E-state index contributed by atoms with van der Waals surface area (Å²) in [6.45, 7) is 4.21. The molecule has 0 atom stereocenters. The van der Waals surface area contributed by atoms with Crippen LogP contribution in [0.3, 0.4) is 0 Å². The van der Waals surface area contributed by atoms with E-state index in [2.05, 4.69) is 9.47 Å². The van der Waals surface area contributed by atoms with Crippen LogP contribution in [-0.2, 0) is 14.0 Å². The smallest absolute Gasteiger partial charge is 0.822 e. The molecule has 0 aliphatic rings. The van der Waals surface area contributed by atoms with E-state index in [0.29, 0.717) is 13.2 Å². The van der Waals surface area contributed by atoms with E-state index >= 15 is 0 Å². The summed E-state index contributed by atoms with van der Waals surface area (Å²) in [5, 5.41) is 0. The van der Waals surface area contributed by atoms with E-state index in [0.717, 1.165) is 0 Å². The number of carbonyl (C=O) groups excluding carboxylic acids is 1. The molecule has 0 amide bonds. The second-order valence-electron chi connectivity index (χ2n) is 1.56. The zero-order chi connectivity index (χ0) is 10.9. The molecular formula is C5H10Li3O7P. The summed E-state index contributed by atoms with van der Waals surface area (Å²) in [7, 11) is -5.39. The predicted molar refractivity (Wildman–Crippen MR) is 36.3 cm³/mol. The number of carbonyl (C=O) groups is 1. The van der Waals surface area contributed by atoms with Crippen molar-refractivity contribution in [3.05, 3.63) is 0 Å². The standard InChI is InChI=1S/C5H10O3.3Li.H3O4P/c1-3-7-5(6)8-4-2;;;;1-5(2,3)4/h3-4H2,1-2H3;;;;(H3,1,2,3,4)/q;3*+1;/p-3. The summed E-state index contributed by atoms with van der Waals surface area (Å²) in [6, 6.07) is 0. The Labute approximate surface area is 130 Å². The number of rotatable bonds is 2. The van der Waals surface area contributed by atoms with Crippen LogP contribution in [0.5, 0.6) is 0 Å². The van der Waals surface area contributed by atoms with E-state index in [1.807, 2.05) is 0 Å². The van der Waals surface area contributed by atoms with E-state index in [1.54, 1.807) is 13.8 Å². The molecule has 0 fully saturated rings. The van der Waals surface area contributed by atoms with Gasteiger partial charge in [0.05, 0.1) is 13.2 Å². The molecule has 80 valence electrons. The molecule has 0 aromatic rings. The quantitative estimate of drug-likeness (QED) is 0.264. The first-order valence-corrected chi connectivity index (χ1v) is 4.79. The summed E-state index contributed by atoms with van der Waals surface area (Å²) in [5.41, 5.74) is 0. The van der Waals surface area contributed by atoms with Gasteiger partial charge in [-0.15, -0.1) is 0 Å². The van der Waals surface area contributed by atoms with Crippen LogP contribution < -0.4 is 71.3 Å². The zero-order valence-electron chi connectivity index (χ0n) is 10.2. The molecule has 0 rings (SSSR count). The maximum atomic E-state index is 10.2. The Hall–Kier alpha value is 1.17. The molecule has 0 aliphatic carbocycles. The summed E-state index contributed by atoms with van der Waals surface area (Å²) < 4.78 is 17.4. The average Bonchev–Trinajstić information content (AvgIpc) is 1.84. The van der Waals surface area contributed by atoms with Crippen molar-refractivity contribution in [1.29, 1.82) is 0 Å². The topological polar surface area (TPSA) is 122 Å². The SMILES string of the molecule is CCOC(=O)OCC.O=P([O-])([O-])[O-].[Li+].[Li+].[Li+]. The predicted octanol–water partition coefficient (Wildman–Crippen LogP) is -10.6. The van der Waals surface area contributed by atoms with Crippen LogP contribution in [0.1, 0.15) is 13.8 Å². The minimum Gasteiger partial charge on any atom is -0.822 e. The van der Waals surface area contributed by atoms with Gasteiger partial charge in [-0.1, -0.05) is 0 Å². The van der Waals surface area contributed by atoms with Gasteiger partial charge in [0.2, 0.25) is 0 Å². The third-order valence-electron chi connectivity index (χ3n) is 0.524. The molecule has 0 saturated heterocycles. The van der Waals surface area contributed by atoms with E-state index in [4.69, 9.17) is 19.2 Å². The Bertz CT molecular complexity index is 169. The van der Waals surface area contributed by atoms with Gasteiger partial charge in [0.25, 0.3) is 0 Å².